The summed E-state index contributed by atoms with van der Waals surface area (Å²) >= 11 is 1.52. The summed E-state index contributed by atoms with van der Waals surface area (Å²) in [6.45, 7) is 1.58. The monoisotopic (exact) mass is 398 g/mol. The molecule has 0 amide bonds. The Labute approximate surface area is 169 Å². The molecule has 4 saturated carbocycles. The molecule has 1 aromatic carbocycles. The second-order valence-corrected chi connectivity index (χ2v) is 9.87. The van der Waals surface area contributed by atoms with E-state index in [0.717, 1.165) is 35.0 Å². The van der Waals surface area contributed by atoms with Crippen LogP contribution >= 0.6 is 11.8 Å². The zero-order chi connectivity index (χ0) is 19.3. The van der Waals surface area contributed by atoms with Gasteiger partial charge >= 0.3 is 0 Å². The maximum absolute atomic E-state index is 11.7. The minimum atomic E-state index is 0.0517. The lowest BCUT2D eigenvalue weighted by Crippen LogP contribution is -2.48. The van der Waals surface area contributed by atoms with E-state index in [-0.39, 0.29) is 11.2 Å². The number of aromatic nitrogens is 2. The van der Waals surface area contributed by atoms with Crippen molar-refractivity contribution in [1.29, 1.82) is 0 Å². The first-order chi connectivity index (χ1) is 13.5. The Balaban J connectivity index is 1.33. The van der Waals surface area contributed by atoms with Crippen LogP contribution in [0.1, 0.15) is 67.3 Å². The molecule has 148 valence electrons. The maximum atomic E-state index is 11.7. The van der Waals surface area contributed by atoms with Crippen molar-refractivity contribution in [3.63, 3.8) is 0 Å². The summed E-state index contributed by atoms with van der Waals surface area (Å²) in [7, 11) is 1.65. The van der Waals surface area contributed by atoms with E-state index in [9.17, 15) is 4.79 Å². The van der Waals surface area contributed by atoms with Crippen LogP contribution in [0.5, 0.6) is 5.75 Å². The minimum absolute atomic E-state index is 0.0517. The van der Waals surface area contributed by atoms with Gasteiger partial charge in [-0.2, -0.15) is 0 Å². The summed E-state index contributed by atoms with van der Waals surface area (Å²) in [4.78, 5) is 11.7. The van der Waals surface area contributed by atoms with Gasteiger partial charge in [-0.1, -0.05) is 11.8 Å². The molecule has 1 aromatic heterocycles. The average Bonchev–Trinajstić information content (AvgIpc) is 3.15. The number of carbonyl (C=O) groups excluding carboxylic acids is 1. The van der Waals surface area contributed by atoms with E-state index in [1.807, 2.05) is 12.1 Å². The van der Waals surface area contributed by atoms with Crippen LogP contribution in [0.25, 0.3) is 0 Å². The van der Waals surface area contributed by atoms with Crippen LogP contribution in [-0.4, -0.2) is 23.1 Å². The SMILES string of the molecule is COc1ccc(C(C)=O)cc1CSc1nnc(C23CC4CC(CC(C4)C2)C3)o1. The van der Waals surface area contributed by atoms with Crippen molar-refractivity contribution in [3.05, 3.63) is 35.2 Å². The quantitative estimate of drug-likeness (QED) is 0.502. The van der Waals surface area contributed by atoms with Crippen molar-refractivity contribution >= 4 is 17.5 Å². The summed E-state index contributed by atoms with van der Waals surface area (Å²) in [6, 6.07) is 5.54. The summed E-state index contributed by atoms with van der Waals surface area (Å²) in [5.41, 5.74) is 1.79. The lowest BCUT2D eigenvalue weighted by molar-refractivity contribution is -0.0191. The fourth-order valence-electron chi connectivity index (χ4n) is 6.10. The van der Waals surface area contributed by atoms with E-state index in [2.05, 4.69) is 10.2 Å². The highest BCUT2D eigenvalue weighted by atomic mass is 32.2. The molecule has 2 aromatic rings. The molecule has 6 rings (SSSR count). The molecule has 6 heteroatoms. The van der Waals surface area contributed by atoms with Crippen molar-refractivity contribution in [3.8, 4) is 5.75 Å². The van der Waals surface area contributed by atoms with Crippen LogP contribution < -0.4 is 4.74 Å². The first kappa shape index (κ1) is 18.2. The summed E-state index contributed by atoms with van der Waals surface area (Å²) in [5.74, 6) is 4.88. The standard InChI is InChI=1S/C22H26N2O3S/c1-13(25)17-3-4-19(26-2)18(8-17)12-28-21-24-23-20(27-21)22-9-14-5-15(10-22)7-16(6-14)11-22/h3-4,8,14-16H,5-7,9-12H2,1-2H3. The Hall–Kier alpha value is -1.82. The van der Waals surface area contributed by atoms with Gasteiger partial charge in [-0.05, 0) is 81.4 Å². The summed E-state index contributed by atoms with van der Waals surface area (Å²) < 4.78 is 11.6. The number of carbonyl (C=O) groups is 1. The Morgan fingerprint density at radius 1 is 1.18 bits per heavy atom. The number of hydrogen-bond acceptors (Lipinski definition) is 6. The van der Waals surface area contributed by atoms with E-state index < -0.39 is 0 Å². The number of ketones is 1. The Bertz CT molecular complexity index is 872. The van der Waals surface area contributed by atoms with Gasteiger partial charge in [-0.25, -0.2) is 0 Å². The van der Waals surface area contributed by atoms with Crippen molar-refractivity contribution in [2.24, 2.45) is 17.8 Å². The van der Waals surface area contributed by atoms with E-state index in [1.54, 1.807) is 20.1 Å². The van der Waals surface area contributed by atoms with Crippen molar-refractivity contribution in [2.45, 2.75) is 61.8 Å². The number of ether oxygens (including phenoxy) is 1. The molecule has 1 heterocycles. The smallest absolute Gasteiger partial charge is 0.276 e. The summed E-state index contributed by atoms with van der Waals surface area (Å²) in [5, 5.41) is 9.44. The number of hydrogen-bond donors (Lipinski definition) is 0. The highest BCUT2D eigenvalue weighted by Crippen LogP contribution is 2.60. The van der Waals surface area contributed by atoms with Crippen LogP contribution in [0.3, 0.4) is 0 Å². The minimum Gasteiger partial charge on any atom is -0.496 e. The third kappa shape index (κ3) is 3.15. The average molecular weight is 399 g/mol. The molecule has 0 saturated heterocycles. The molecular formula is C22H26N2O3S. The maximum Gasteiger partial charge on any atom is 0.276 e. The van der Waals surface area contributed by atoms with E-state index >= 15 is 0 Å². The predicted molar refractivity (Wildman–Crippen MR) is 107 cm³/mol. The van der Waals surface area contributed by atoms with Crippen LogP contribution in [0.15, 0.2) is 27.8 Å². The van der Waals surface area contributed by atoms with Crippen LogP contribution in [-0.2, 0) is 11.2 Å². The Morgan fingerprint density at radius 3 is 2.46 bits per heavy atom. The van der Waals surface area contributed by atoms with Crippen molar-refractivity contribution in [2.75, 3.05) is 7.11 Å². The number of nitrogens with zero attached hydrogens (tertiary/aromatic N) is 2. The topological polar surface area (TPSA) is 65.2 Å². The van der Waals surface area contributed by atoms with Crippen molar-refractivity contribution in [1.82, 2.24) is 10.2 Å². The van der Waals surface area contributed by atoms with E-state index in [0.29, 0.717) is 16.5 Å². The highest BCUT2D eigenvalue weighted by molar-refractivity contribution is 7.98. The van der Waals surface area contributed by atoms with Gasteiger partial charge in [0.1, 0.15) is 5.75 Å². The number of methoxy groups -OCH3 is 1. The Morgan fingerprint density at radius 2 is 1.86 bits per heavy atom. The molecule has 0 N–H and O–H groups in total. The molecule has 0 unspecified atom stereocenters. The number of Topliss-reactive ketones (excluding diaryl/α,β-unsaturated/α-hetero) is 1. The van der Waals surface area contributed by atoms with Crippen molar-refractivity contribution < 1.29 is 13.9 Å². The van der Waals surface area contributed by atoms with Gasteiger partial charge in [0.2, 0.25) is 5.89 Å². The van der Waals surface area contributed by atoms with Gasteiger partial charge in [0.25, 0.3) is 5.22 Å². The third-order valence-electron chi connectivity index (χ3n) is 6.94. The molecule has 4 bridgehead atoms. The fraction of sp³-hybridized carbons (Fsp3) is 0.591. The van der Waals surface area contributed by atoms with E-state index in [1.165, 1.54) is 50.3 Å². The first-order valence-corrected chi connectivity index (χ1v) is 11.2. The second-order valence-electron chi connectivity index (χ2n) is 8.94. The first-order valence-electron chi connectivity index (χ1n) is 10.2. The highest BCUT2D eigenvalue weighted by Gasteiger charge is 2.54. The molecule has 4 aliphatic carbocycles. The lowest BCUT2D eigenvalue weighted by Gasteiger charge is -2.55. The summed E-state index contributed by atoms with van der Waals surface area (Å²) in [6.07, 6.45) is 7.88. The van der Waals surface area contributed by atoms with Gasteiger partial charge < -0.3 is 9.15 Å². The van der Waals surface area contributed by atoms with Crippen LogP contribution in [0.4, 0.5) is 0 Å². The van der Waals surface area contributed by atoms with Crippen LogP contribution in [0.2, 0.25) is 0 Å². The number of rotatable bonds is 6. The van der Waals surface area contributed by atoms with E-state index in [4.69, 9.17) is 9.15 Å². The zero-order valence-corrected chi connectivity index (χ0v) is 17.3. The predicted octanol–water partition coefficient (Wildman–Crippen LogP) is 5.04. The molecule has 4 aliphatic rings. The van der Waals surface area contributed by atoms with Gasteiger partial charge in [0.15, 0.2) is 5.78 Å². The lowest BCUT2D eigenvalue weighted by atomic mass is 9.49. The fourth-order valence-corrected chi connectivity index (χ4v) is 6.85. The van der Waals surface area contributed by atoms with Gasteiger partial charge in [-0.15, -0.1) is 10.2 Å². The molecule has 0 atom stereocenters. The normalized spacial score (nSPS) is 30.6. The van der Waals surface area contributed by atoms with Gasteiger partial charge in [0.05, 0.1) is 7.11 Å². The third-order valence-corrected chi connectivity index (χ3v) is 7.80. The molecule has 28 heavy (non-hydrogen) atoms. The number of thioether (sulfide) groups is 1. The second kappa shape index (κ2) is 6.90. The Kier molecular flexibility index (Phi) is 4.49. The van der Waals surface area contributed by atoms with Gasteiger partial charge in [0, 0.05) is 22.3 Å². The molecule has 0 aliphatic heterocycles. The zero-order valence-electron chi connectivity index (χ0n) is 16.4. The van der Waals surface area contributed by atoms with Crippen LogP contribution in [0, 0.1) is 17.8 Å². The largest absolute Gasteiger partial charge is 0.496 e. The molecule has 5 nitrogen and oxygen atoms in total. The molecule has 0 radical (unpaired) electrons. The molecule has 0 spiro atoms. The number of benzene rings is 1. The molecule has 4 fully saturated rings. The molecular weight excluding hydrogens is 372 g/mol. The van der Waals surface area contributed by atoms with Gasteiger partial charge in [-0.3, -0.25) is 4.79 Å².